The van der Waals surface area contributed by atoms with Gasteiger partial charge in [-0.2, -0.15) is 0 Å². The first-order valence-corrected chi connectivity index (χ1v) is 4.73. The molecule has 0 aliphatic carbocycles. The van der Waals surface area contributed by atoms with Crippen molar-refractivity contribution in [3.8, 4) is 0 Å². The van der Waals surface area contributed by atoms with E-state index in [4.69, 9.17) is 34.8 Å². The summed E-state index contributed by atoms with van der Waals surface area (Å²) in [7, 11) is 0. The fraction of sp³-hybridized carbons (Fsp3) is 0.222. The van der Waals surface area contributed by atoms with E-state index in [1.54, 1.807) is 13.0 Å². The van der Waals surface area contributed by atoms with Crippen LogP contribution in [0.1, 0.15) is 12.5 Å². The zero-order chi connectivity index (χ0) is 10.0. The van der Waals surface area contributed by atoms with Crippen LogP contribution in [0.2, 0.25) is 15.1 Å². The molecule has 0 atom stereocenters. The molecule has 0 heterocycles. The summed E-state index contributed by atoms with van der Waals surface area (Å²) in [5.41, 5.74) is 0.610. The topological polar surface area (TPSA) is 0 Å². The summed E-state index contributed by atoms with van der Waals surface area (Å²) in [6, 6.07) is 3.08. The maximum absolute atomic E-state index is 12.3. The lowest BCUT2D eigenvalue weighted by atomic mass is 10.0. The summed E-state index contributed by atoms with van der Waals surface area (Å²) < 4.78 is 12.3. The van der Waals surface area contributed by atoms with Gasteiger partial charge in [0.25, 0.3) is 0 Å². The lowest BCUT2D eigenvalue weighted by molar-refractivity contribution is 0.516. The number of benzene rings is 1. The number of rotatable bonds is 2. The predicted octanol–water partition coefficient (Wildman–Crippen LogP) is 4.56. The van der Waals surface area contributed by atoms with E-state index in [0.717, 1.165) is 0 Å². The van der Waals surface area contributed by atoms with Crippen molar-refractivity contribution in [1.82, 2.24) is 0 Å². The van der Waals surface area contributed by atoms with Gasteiger partial charge in [0.05, 0.1) is 16.7 Å². The summed E-state index contributed by atoms with van der Waals surface area (Å²) in [6.07, 6.45) is 0. The van der Waals surface area contributed by atoms with Crippen molar-refractivity contribution in [2.75, 3.05) is 6.67 Å². The first kappa shape index (κ1) is 11.1. The van der Waals surface area contributed by atoms with Gasteiger partial charge in [-0.3, -0.25) is 4.39 Å². The van der Waals surface area contributed by atoms with Crippen LogP contribution < -0.4 is 0 Å². The fourth-order valence-electron chi connectivity index (χ4n) is 0.922. The maximum Gasteiger partial charge on any atom is 0.0998 e. The molecule has 0 saturated carbocycles. The Bertz CT molecular complexity index is 312. The van der Waals surface area contributed by atoms with Gasteiger partial charge in [0.15, 0.2) is 0 Å². The van der Waals surface area contributed by atoms with Crippen LogP contribution in [0.25, 0.3) is 0 Å². The Hall–Kier alpha value is 0.0200. The van der Waals surface area contributed by atoms with Crippen molar-refractivity contribution >= 4 is 34.8 Å². The molecule has 0 amide bonds. The normalized spacial score (nSPS) is 10.9. The van der Waals surface area contributed by atoms with E-state index in [1.807, 2.05) is 0 Å². The van der Waals surface area contributed by atoms with Crippen LogP contribution >= 0.6 is 34.8 Å². The van der Waals surface area contributed by atoms with Gasteiger partial charge in [-0.1, -0.05) is 41.7 Å². The zero-order valence-electron chi connectivity index (χ0n) is 6.87. The average molecular weight is 241 g/mol. The lowest BCUT2D eigenvalue weighted by Crippen LogP contribution is -1.97. The van der Waals surface area contributed by atoms with Crippen molar-refractivity contribution < 1.29 is 4.39 Å². The quantitative estimate of drug-likeness (QED) is 0.665. The van der Waals surface area contributed by atoms with Gasteiger partial charge in [-0.05, 0) is 17.7 Å². The van der Waals surface area contributed by atoms with Crippen molar-refractivity contribution in [3.63, 3.8) is 0 Å². The smallest absolute Gasteiger partial charge is 0.0998 e. The van der Waals surface area contributed by atoms with Crippen LogP contribution in [-0.2, 0) is 0 Å². The molecule has 1 aromatic rings. The monoisotopic (exact) mass is 239 g/mol. The van der Waals surface area contributed by atoms with E-state index >= 15 is 0 Å². The summed E-state index contributed by atoms with van der Waals surface area (Å²) >= 11 is 17.3. The van der Waals surface area contributed by atoms with Gasteiger partial charge < -0.3 is 0 Å². The minimum atomic E-state index is -0.544. The molecule has 0 saturated heterocycles. The maximum atomic E-state index is 12.3. The second-order valence-electron chi connectivity index (χ2n) is 2.66. The van der Waals surface area contributed by atoms with Crippen LogP contribution in [0.15, 0.2) is 12.1 Å². The molecular formula is C9H7Cl3F. The van der Waals surface area contributed by atoms with Gasteiger partial charge in [0, 0.05) is 10.9 Å². The molecule has 13 heavy (non-hydrogen) atoms. The Morgan fingerprint density at radius 3 is 2.23 bits per heavy atom. The Balaban J connectivity index is 3.15. The minimum absolute atomic E-state index is 0.377. The Morgan fingerprint density at radius 1 is 1.15 bits per heavy atom. The molecule has 0 N–H and O–H groups in total. The highest BCUT2D eigenvalue weighted by Gasteiger charge is 2.12. The number of alkyl halides is 1. The van der Waals surface area contributed by atoms with Crippen LogP contribution in [0.3, 0.4) is 0 Å². The molecular weight excluding hydrogens is 233 g/mol. The second kappa shape index (κ2) is 4.50. The zero-order valence-corrected chi connectivity index (χ0v) is 9.14. The SMILES string of the molecule is C[C](CF)c1cc(Cl)c(Cl)cc1Cl. The Kier molecular flexibility index (Phi) is 3.84. The van der Waals surface area contributed by atoms with Crippen LogP contribution in [0.5, 0.6) is 0 Å². The van der Waals surface area contributed by atoms with E-state index in [1.165, 1.54) is 6.07 Å². The molecule has 0 aromatic heterocycles. The molecule has 71 valence electrons. The third kappa shape index (κ3) is 2.49. The minimum Gasteiger partial charge on any atom is -0.250 e. The van der Waals surface area contributed by atoms with Gasteiger partial charge >= 0.3 is 0 Å². The number of hydrogen-bond donors (Lipinski definition) is 0. The summed E-state index contributed by atoms with van der Waals surface area (Å²) in [6.45, 7) is 1.11. The number of hydrogen-bond acceptors (Lipinski definition) is 0. The van der Waals surface area contributed by atoms with Gasteiger partial charge in [-0.25, -0.2) is 0 Å². The highest BCUT2D eigenvalue weighted by molar-refractivity contribution is 6.43. The third-order valence-electron chi connectivity index (χ3n) is 1.67. The Labute approximate surface area is 91.6 Å². The van der Waals surface area contributed by atoms with E-state index in [0.29, 0.717) is 26.5 Å². The van der Waals surface area contributed by atoms with E-state index in [-0.39, 0.29) is 0 Å². The highest BCUT2D eigenvalue weighted by Crippen LogP contribution is 2.32. The van der Waals surface area contributed by atoms with E-state index < -0.39 is 6.67 Å². The molecule has 0 unspecified atom stereocenters. The molecule has 1 aromatic carbocycles. The van der Waals surface area contributed by atoms with Crippen molar-refractivity contribution in [3.05, 3.63) is 38.7 Å². The molecule has 0 bridgehead atoms. The molecule has 1 rings (SSSR count). The first-order valence-electron chi connectivity index (χ1n) is 3.59. The molecule has 0 nitrogen and oxygen atoms in total. The highest BCUT2D eigenvalue weighted by atomic mass is 35.5. The fourth-order valence-corrected chi connectivity index (χ4v) is 1.63. The first-order chi connectivity index (χ1) is 6.06. The van der Waals surface area contributed by atoms with Crippen molar-refractivity contribution in [1.29, 1.82) is 0 Å². The molecule has 0 fully saturated rings. The van der Waals surface area contributed by atoms with Gasteiger partial charge in [0.1, 0.15) is 0 Å². The van der Waals surface area contributed by atoms with Crippen LogP contribution in [0, 0.1) is 5.92 Å². The third-order valence-corrected chi connectivity index (χ3v) is 2.71. The number of halogens is 4. The molecule has 0 aliphatic rings. The van der Waals surface area contributed by atoms with Crippen LogP contribution in [0.4, 0.5) is 4.39 Å². The Morgan fingerprint density at radius 2 is 1.69 bits per heavy atom. The van der Waals surface area contributed by atoms with Crippen LogP contribution in [-0.4, -0.2) is 6.67 Å². The van der Waals surface area contributed by atoms with Gasteiger partial charge in [0.2, 0.25) is 0 Å². The van der Waals surface area contributed by atoms with E-state index in [9.17, 15) is 4.39 Å². The molecule has 4 heteroatoms. The summed E-state index contributed by atoms with van der Waals surface area (Å²) in [4.78, 5) is 0. The second-order valence-corrected chi connectivity index (χ2v) is 3.88. The molecule has 1 radical (unpaired) electrons. The van der Waals surface area contributed by atoms with Gasteiger partial charge in [-0.15, -0.1) is 0 Å². The average Bonchev–Trinajstić information content (AvgIpc) is 2.10. The summed E-state index contributed by atoms with van der Waals surface area (Å²) in [5, 5.41) is 1.18. The molecule has 0 spiro atoms. The lowest BCUT2D eigenvalue weighted by Gasteiger charge is -2.09. The van der Waals surface area contributed by atoms with E-state index in [2.05, 4.69) is 0 Å². The molecule has 0 aliphatic heterocycles. The largest absolute Gasteiger partial charge is 0.250 e. The van der Waals surface area contributed by atoms with Crippen molar-refractivity contribution in [2.45, 2.75) is 6.92 Å². The predicted molar refractivity (Wildman–Crippen MR) is 55.5 cm³/mol. The summed E-state index contributed by atoms with van der Waals surface area (Å²) in [5.74, 6) is 0.545. The van der Waals surface area contributed by atoms with Crippen molar-refractivity contribution in [2.24, 2.45) is 0 Å². The standard InChI is InChI=1S/C9H7Cl3F/c1-5(4-13)6-2-8(11)9(12)3-7(6)10/h2-3H,4H2,1H3.